The summed E-state index contributed by atoms with van der Waals surface area (Å²) in [7, 11) is 1.98. The molecule has 1 aromatic heterocycles. The average Bonchev–Trinajstić information content (AvgIpc) is 2.84. The van der Waals surface area contributed by atoms with Crippen molar-refractivity contribution in [2.45, 2.75) is 39.2 Å². The normalized spacial score (nSPS) is 27.6. The van der Waals surface area contributed by atoms with Gasteiger partial charge in [-0.25, -0.2) is 0 Å². The molecule has 0 bridgehead atoms. The van der Waals surface area contributed by atoms with Crippen LogP contribution in [0.4, 0.5) is 0 Å². The van der Waals surface area contributed by atoms with Gasteiger partial charge in [-0.2, -0.15) is 0 Å². The first-order valence-corrected chi connectivity index (χ1v) is 6.95. The number of carbonyl (C=O) groups is 1. The number of aliphatic carboxylic acids is 1. The molecule has 1 fully saturated rings. The summed E-state index contributed by atoms with van der Waals surface area (Å²) < 4.78 is 5.05. The van der Waals surface area contributed by atoms with Crippen LogP contribution in [0.5, 0.6) is 0 Å². The molecule has 4 nitrogen and oxygen atoms in total. The Morgan fingerprint density at radius 3 is 2.74 bits per heavy atom. The van der Waals surface area contributed by atoms with Crippen LogP contribution >= 0.6 is 0 Å². The monoisotopic (exact) mass is 265 g/mol. The smallest absolute Gasteiger partial charge is 0.310 e. The van der Waals surface area contributed by atoms with Crippen molar-refractivity contribution >= 4 is 5.97 Å². The molecule has 1 N–H and O–H groups in total. The van der Waals surface area contributed by atoms with Gasteiger partial charge in [0.1, 0.15) is 0 Å². The van der Waals surface area contributed by atoms with Crippen molar-refractivity contribution in [1.82, 2.24) is 4.90 Å². The Balaban J connectivity index is 1.98. The molecule has 0 amide bonds. The molecule has 0 radical (unpaired) electrons. The zero-order chi connectivity index (χ0) is 13.9. The molecule has 1 aliphatic rings. The molecule has 2 rings (SSSR count). The molecule has 19 heavy (non-hydrogen) atoms. The Hall–Kier alpha value is -1.29. The molecular weight excluding hydrogens is 242 g/mol. The van der Waals surface area contributed by atoms with E-state index in [0.29, 0.717) is 12.5 Å². The summed E-state index contributed by atoms with van der Waals surface area (Å²) in [6, 6.07) is 1.92. The highest BCUT2D eigenvalue weighted by Crippen LogP contribution is 2.39. The Labute approximate surface area is 114 Å². The van der Waals surface area contributed by atoms with Gasteiger partial charge in [0.2, 0.25) is 0 Å². The Bertz CT molecular complexity index is 405. The number of carboxylic acids is 1. The zero-order valence-corrected chi connectivity index (χ0v) is 11.8. The Morgan fingerprint density at radius 1 is 1.53 bits per heavy atom. The summed E-state index contributed by atoms with van der Waals surface area (Å²) in [6.45, 7) is 3.56. The van der Waals surface area contributed by atoms with Gasteiger partial charge in [0.25, 0.3) is 0 Å². The largest absolute Gasteiger partial charge is 0.481 e. The van der Waals surface area contributed by atoms with Crippen LogP contribution in [0.2, 0.25) is 0 Å². The highest BCUT2D eigenvalue weighted by molar-refractivity contribution is 5.75. The van der Waals surface area contributed by atoms with Gasteiger partial charge < -0.3 is 14.4 Å². The minimum absolute atomic E-state index is 0.564. The van der Waals surface area contributed by atoms with E-state index in [-0.39, 0.29) is 0 Å². The van der Waals surface area contributed by atoms with Gasteiger partial charge in [0.05, 0.1) is 17.9 Å². The number of hydrogen-bond donors (Lipinski definition) is 1. The molecule has 1 aliphatic carbocycles. The summed E-state index contributed by atoms with van der Waals surface area (Å²) in [6.07, 6.45) is 6.99. The van der Waals surface area contributed by atoms with Crippen LogP contribution in [0.25, 0.3) is 0 Å². The van der Waals surface area contributed by atoms with Crippen LogP contribution in [-0.4, -0.2) is 29.6 Å². The van der Waals surface area contributed by atoms with Gasteiger partial charge in [-0.1, -0.05) is 6.92 Å². The number of nitrogens with zero attached hydrogens (tertiary/aromatic N) is 1. The van der Waals surface area contributed by atoms with E-state index >= 15 is 0 Å². The van der Waals surface area contributed by atoms with E-state index in [1.807, 2.05) is 13.1 Å². The summed E-state index contributed by atoms with van der Waals surface area (Å²) >= 11 is 0. The molecule has 0 unspecified atom stereocenters. The number of carboxylic acid groups (broad SMARTS) is 1. The van der Waals surface area contributed by atoms with Crippen molar-refractivity contribution in [3.05, 3.63) is 24.2 Å². The molecule has 0 aliphatic heterocycles. The van der Waals surface area contributed by atoms with Gasteiger partial charge in [-0.15, -0.1) is 0 Å². The molecule has 4 heteroatoms. The molecule has 106 valence electrons. The van der Waals surface area contributed by atoms with Crippen LogP contribution in [0, 0.1) is 11.3 Å². The average molecular weight is 265 g/mol. The third kappa shape index (κ3) is 3.38. The van der Waals surface area contributed by atoms with Gasteiger partial charge in [-0.3, -0.25) is 4.79 Å². The molecular formula is C15H23NO3. The fourth-order valence-corrected chi connectivity index (χ4v) is 3.02. The highest BCUT2D eigenvalue weighted by atomic mass is 16.4. The summed E-state index contributed by atoms with van der Waals surface area (Å²) in [5.74, 6) is 0.0186. The topological polar surface area (TPSA) is 53.7 Å². The van der Waals surface area contributed by atoms with Gasteiger partial charge in [-0.05, 0) is 44.7 Å². The van der Waals surface area contributed by atoms with Crippen molar-refractivity contribution in [3.8, 4) is 0 Å². The van der Waals surface area contributed by atoms with Crippen molar-refractivity contribution in [2.75, 3.05) is 13.6 Å². The van der Waals surface area contributed by atoms with Crippen LogP contribution in [0.15, 0.2) is 23.0 Å². The van der Waals surface area contributed by atoms with Crippen LogP contribution < -0.4 is 0 Å². The standard InChI is InChI=1S/C15H23NO3/c1-12-3-6-15(7-4-12,14(17)18)11-16(2)9-13-5-8-19-10-13/h5,8,10,12H,3-4,6-7,9,11H2,1-2H3,(H,17,18). The summed E-state index contributed by atoms with van der Waals surface area (Å²) in [4.78, 5) is 13.8. The lowest BCUT2D eigenvalue weighted by Gasteiger charge is -2.38. The lowest BCUT2D eigenvalue weighted by atomic mass is 9.70. The van der Waals surface area contributed by atoms with E-state index in [2.05, 4.69) is 11.8 Å². The van der Waals surface area contributed by atoms with E-state index in [1.165, 1.54) is 0 Å². The maximum absolute atomic E-state index is 11.7. The predicted octanol–water partition coefficient (Wildman–Crippen LogP) is 2.99. The first kappa shape index (κ1) is 14.1. The molecule has 1 heterocycles. The van der Waals surface area contributed by atoms with E-state index < -0.39 is 11.4 Å². The van der Waals surface area contributed by atoms with E-state index in [9.17, 15) is 9.90 Å². The lowest BCUT2D eigenvalue weighted by molar-refractivity contribution is -0.153. The van der Waals surface area contributed by atoms with E-state index in [4.69, 9.17) is 4.42 Å². The Kier molecular flexibility index (Phi) is 4.30. The maximum atomic E-state index is 11.7. The lowest BCUT2D eigenvalue weighted by Crippen LogP contribution is -2.44. The summed E-state index contributed by atoms with van der Waals surface area (Å²) in [5.41, 5.74) is 0.526. The third-order valence-corrected chi connectivity index (χ3v) is 4.29. The predicted molar refractivity (Wildman–Crippen MR) is 72.7 cm³/mol. The molecule has 0 atom stereocenters. The third-order valence-electron chi connectivity index (χ3n) is 4.29. The minimum atomic E-state index is -0.640. The fraction of sp³-hybridized carbons (Fsp3) is 0.667. The SMILES string of the molecule is CC1CCC(CN(C)Cc2ccoc2)(C(=O)O)CC1. The maximum Gasteiger partial charge on any atom is 0.310 e. The fourth-order valence-electron chi connectivity index (χ4n) is 3.02. The Morgan fingerprint density at radius 2 is 2.21 bits per heavy atom. The van der Waals surface area contributed by atoms with Crippen molar-refractivity contribution in [3.63, 3.8) is 0 Å². The molecule has 0 aromatic carbocycles. The molecule has 1 saturated carbocycles. The molecule has 1 aromatic rings. The molecule has 0 spiro atoms. The second-order valence-electron chi connectivity index (χ2n) is 6.07. The number of furan rings is 1. The number of rotatable bonds is 5. The van der Waals surface area contributed by atoms with Crippen LogP contribution in [-0.2, 0) is 11.3 Å². The second-order valence-corrected chi connectivity index (χ2v) is 6.07. The number of hydrogen-bond acceptors (Lipinski definition) is 3. The van der Waals surface area contributed by atoms with Gasteiger partial charge in [0, 0.05) is 18.7 Å². The van der Waals surface area contributed by atoms with Crippen LogP contribution in [0.3, 0.4) is 0 Å². The van der Waals surface area contributed by atoms with Crippen molar-refractivity contribution in [2.24, 2.45) is 11.3 Å². The van der Waals surface area contributed by atoms with E-state index in [0.717, 1.165) is 37.8 Å². The minimum Gasteiger partial charge on any atom is -0.481 e. The van der Waals surface area contributed by atoms with Gasteiger partial charge in [0.15, 0.2) is 0 Å². The first-order chi connectivity index (χ1) is 9.02. The zero-order valence-electron chi connectivity index (χ0n) is 11.8. The quantitative estimate of drug-likeness (QED) is 0.889. The van der Waals surface area contributed by atoms with E-state index in [1.54, 1.807) is 12.5 Å². The van der Waals surface area contributed by atoms with Gasteiger partial charge >= 0.3 is 5.97 Å². The molecule has 0 saturated heterocycles. The van der Waals surface area contributed by atoms with Crippen LogP contribution in [0.1, 0.15) is 38.2 Å². The highest BCUT2D eigenvalue weighted by Gasteiger charge is 2.41. The summed E-state index contributed by atoms with van der Waals surface area (Å²) in [5, 5.41) is 9.60. The second kappa shape index (κ2) is 5.78. The first-order valence-electron chi connectivity index (χ1n) is 6.95. The van der Waals surface area contributed by atoms with Crippen molar-refractivity contribution in [1.29, 1.82) is 0 Å². The van der Waals surface area contributed by atoms with Crippen molar-refractivity contribution < 1.29 is 14.3 Å².